The van der Waals surface area contributed by atoms with E-state index in [9.17, 15) is 17.6 Å². The van der Waals surface area contributed by atoms with Gasteiger partial charge in [0.05, 0.1) is 0 Å². The Morgan fingerprint density at radius 1 is 1.29 bits per heavy atom. The number of alkyl halides is 3. The Balaban J connectivity index is 2.72. The molecule has 1 rings (SSSR count). The van der Waals surface area contributed by atoms with Crippen LogP contribution in [0.15, 0.2) is 23.1 Å². The molecule has 1 aromatic rings. The molecule has 0 heterocycles. The Bertz CT molecular complexity index is 324. The van der Waals surface area contributed by atoms with Crippen molar-refractivity contribution in [2.24, 2.45) is 0 Å². The summed E-state index contributed by atoms with van der Waals surface area (Å²) in [7, 11) is 0. The van der Waals surface area contributed by atoms with Crippen molar-refractivity contribution in [3.05, 3.63) is 24.0 Å². The molecule has 1 nitrogen and oxygen atoms in total. The van der Waals surface area contributed by atoms with Gasteiger partial charge in [-0.3, -0.25) is 0 Å². The van der Waals surface area contributed by atoms with Gasteiger partial charge in [-0.25, -0.2) is 4.39 Å². The third kappa shape index (κ3) is 3.45. The van der Waals surface area contributed by atoms with Crippen LogP contribution in [0.1, 0.15) is 0 Å². The molecule has 0 spiro atoms. The maximum atomic E-state index is 12.8. The highest BCUT2D eigenvalue weighted by molar-refractivity contribution is 7.80. The molecule has 0 aliphatic carbocycles. The van der Waals surface area contributed by atoms with Gasteiger partial charge in [0, 0.05) is 4.90 Å². The van der Waals surface area contributed by atoms with Crippen LogP contribution < -0.4 is 4.74 Å². The number of hydrogen-bond donors (Lipinski definition) is 1. The molecule has 0 saturated carbocycles. The summed E-state index contributed by atoms with van der Waals surface area (Å²) in [5.74, 6) is -1.29. The second-order valence-electron chi connectivity index (χ2n) is 2.52. The molecule has 0 aliphatic rings. The minimum Gasteiger partial charge on any atom is -0.481 e. The number of thiol groups is 1. The highest BCUT2D eigenvalue weighted by atomic mass is 32.1. The third-order valence-corrected chi connectivity index (χ3v) is 1.58. The van der Waals surface area contributed by atoms with Gasteiger partial charge >= 0.3 is 6.18 Å². The zero-order chi connectivity index (χ0) is 10.8. The minimum absolute atomic E-state index is 0.337. The molecule has 0 bridgehead atoms. The number of ether oxygens (including phenoxy) is 1. The molecular weight excluding hydrogens is 220 g/mol. The van der Waals surface area contributed by atoms with E-state index in [1.54, 1.807) is 0 Å². The molecule has 0 unspecified atom stereocenters. The Labute approximate surface area is 83.1 Å². The summed E-state index contributed by atoms with van der Waals surface area (Å²) in [6.45, 7) is -1.51. The summed E-state index contributed by atoms with van der Waals surface area (Å²) in [5, 5.41) is 0. The summed E-state index contributed by atoms with van der Waals surface area (Å²) >= 11 is 3.84. The number of hydrogen-bond acceptors (Lipinski definition) is 2. The lowest BCUT2D eigenvalue weighted by Crippen LogP contribution is -2.19. The molecule has 1 aromatic carbocycles. The van der Waals surface area contributed by atoms with Crippen LogP contribution in [0.25, 0.3) is 0 Å². The van der Waals surface area contributed by atoms with Gasteiger partial charge in [-0.05, 0) is 18.2 Å². The Kier molecular flexibility index (Phi) is 3.25. The second kappa shape index (κ2) is 4.08. The van der Waals surface area contributed by atoms with Gasteiger partial charge in [-0.2, -0.15) is 13.2 Å². The van der Waals surface area contributed by atoms with E-state index in [0.717, 1.165) is 12.1 Å². The fourth-order valence-electron chi connectivity index (χ4n) is 0.762. The molecule has 0 atom stereocenters. The minimum atomic E-state index is -4.47. The summed E-state index contributed by atoms with van der Waals surface area (Å²) in [6.07, 6.45) is -4.47. The molecule has 0 N–H and O–H groups in total. The zero-order valence-electron chi connectivity index (χ0n) is 6.81. The monoisotopic (exact) mass is 226 g/mol. The van der Waals surface area contributed by atoms with Gasteiger partial charge in [0.15, 0.2) is 18.2 Å². The normalized spacial score (nSPS) is 11.5. The average molecular weight is 226 g/mol. The highest BCUT2D eigenvalue weighted by Crippen LogP contribution is 2.23. The fraction of sp³-hybridized carbons (Fsp3) is 0.250. The highest BCUT2D eigenvalue weighted by Gasteiger charge is 2.28. The Morgan fingerprint density at radius 3 is 2.50 bits per heavy atom. The predicted octanol–water partition coefficient (Wildman–Crippen LogP) is 3.06. The van der Waals surface area contributed by atoms with Crippen LogP contribution in [-0.2, 0) is 0 Å². The van der Waals surface area contributed by atoms with E-state index >= 15 is 0 Å². The SMILES string of the molecule is Fc1ccc(S)cc1OCC(F)(F)F. The molecule has 0 fully saturated rings. The van der Waals surface area contributed by atoms with Crippen molar-refractivity contribution in [1.29, 1.82) is 0 Å². The van der Waals surface area contributed by atoms with Gasteiger partial charge in [0.1, 0.15) is 0 Å². The quantitative estimate of drug-likeness (QED) is 0.602. The lowest BCUT2D eigenvalue weighted by atomic mass is 10.3. The van der Waals surface area contributed by atoms with Crippen molar-refractivity contribution >= 4 is 12.6 Å². The van der Waals surface area contributed by atoms with Crippen LogP contribution in [0.2, 0.25) is 0 Å². The lowest BCUT2D eigenvalue weighted by Gasteiger charge is -2.09. The van der Waals surface area contributed by atoms with Crippen LogP contribution in [0, 0.1) is 5.82 Å². The molecule has 0 aromatic heterocycles. The second-order valence-corrected chi connectivity index (χ2v) is 3.03. The standard InChI is InChI=1S/C8H6F4OS/c9-6-2-1-5(14)3-7(6)13-4-8(10,11)12/h1-3,14H,4H2. The molecule has 0 aliphatic heterocycles. The maximum absolute atomic E-state index is 12.8. The summed E-state index contributed by atoms with van der Waals surface area (Å²) in [5.41, 5.74) is 0. The van der Waals surface area contributed by atoms with E-state index in [1.807, 2.05) is 0 Å². The van der Waals surface area contributed by atoms with Crippen LogP contribution in [0.3, 0.4) is 0 Å². The van der Waals surface area contributed by atoms with E-state index in [-0.39, 0.29) is 0 Å². The molecule has 0 saturated heterocycles. The predicted molar refractivity (Wildman–Crippen MR) is 45.2 cm³/mol. The molecule has 0 radical (unpaired) electrons. The van der Waals surface area contributed by atoms with Gasteiger partial charge in [-0.1, -0.05) is 0 Å². The Hall–Kier alpha value is -0.910. The smallest absolute Gasteiger partial charge is 0.422 e. The first-order chi connectivity index (χ1) is 6.38. The van der Waals surface area contributed by atoms with Crippen molar-refractivity contribution in [2.75, 3.05) is 6.61 Å². The third-order valence-electron chi connectivity index (χ3n) is 1.31. The first-order valence-electron chi connectivity index (χ1n) is 3.56. The van der Waals surface area contributed by atoms with Crippen molar-refractivity contribution < 1.29 is 22.3 Å². The van der Waals surface area contributed by atoms with E-state index < -0.39 is 24.3 Å². The zero-order valence-corrected chi connectivity index (χ0v) is 7.70. The van der Waals surface area contributed by atoms with E-state index in [2.05, 4.69) is 17.4 Å². The summed E-state index contributed by atoms with van der Waals surface area (Å²) < 4.78 is 52.2. The van der Waals surface area contributed by atoms with Gasteiger partial charge in [-0.15, -0.1) is 12.6 Å². The average Bonchev–Trinajstić information content (AvgIpc) is 2.05. The first-order valence-corrected chi connectivity index (χ1v) is 4.01. The van der Waals surface area contributed by atoms with Gasteiger partial charge in [0.2, 0.25) is 0 Å². The summed E-state index contributed by atoms with van der Waals surface area (Å²) in [6, 6.07) is 3.40. The molecule has 78 valence electrons. The van der Waals surface area contributed by atoms with Gasteiger partial charge < -0.3 is 4.74 Å². The fourth-order valence-corrected chi connectivity index (χ4v) is 0.954. The van der Waals surface area contributed by atoms with Crippen LogP contribution in [0.4, 0.5) is 17.6 Å². The maximum Gasteiger partial charge on any atom is 0.422 e. The topological polar surface area (TPSA) is 9.23 Å². The number of rotatable bonds is 2. The van der Waals surface area contributed by atoms with Crippen LogP contribution >= 0.6 is 12.6 Å². The van der Waals surface area contributed by atoms with Gasteiger partial charge in [0.25, 0.3) is 0 Å². The Morgan fingerprint density at radius 2 is 1.93 bits per heavy atom. The molecular formula is C8H6F4OS. The van der Waals surface area contributed by atoms with Crippen molar-refractivity contribution in [1.82, 2.24) is 0 Å². The largest absolute Gasteiger partial charge is 0.481 e. The van der Waals surface area contributed by atoms with Crippen molar-refractivity contribution in [3.63, 3.8) is 0 Å². The van der Waals surface area contributed by atoms with Crippen LogP contribution in [-0.4, -0.2) is 12.8 Å². The number of benzene rings is 1. The van der Waals surface area contributed by atoms with E-state index in [1.165, 1.54) is 6.07 Å². The van der Waals surface area contributed by atoms with E-state index in [0.29, 0.717) is 4.90 Å². The molecule has 14 heavy (non-hydrogen) atoms. The van der Waals surface area contributed by atoms with Crippen LogP contribution in [0.5, 0.6) is 5.75 Å². The molecule has 6 heteroatoms. The lowest BCUT2D eigenvalue weighted by molar-refractivity contribution is -0.153. The molecule has 0 amide bonds. The number of halogens is 4. The summed E-state index contributed by atoms with van der Waals surface area (Å²) in [4.78, 5) is 0.337. The van der Waals surface area contributed by atoms with E-state index in [4.69, 9.17) is 0 Å². The van der Waals surface area contributed by atoms with Crippen molar-refractivity contribution in [2.45, 2.75) is 11.1 Å². The first kappa shape index (κ1) is 11.2. The van der Waals surface area contributed by atoms with Crippen molar-refractivity contribution in [3.8, 4) is 5.75 Å².